The van der Waals surface area contributed by atoms with Gasteiger partial charge >= 0.3 is 0 Å². The Labute approximate surface area is 90.8 Å². The van der Waals surface area contributed by atoms with Crippen LogP contribution in [0.5, 0.6) is 0 Å². The molecule has 0 aromatic heterocycles. The van der Waals surface area contributed by atoms with Crippen molar-refractivity contribution in [1.29, 1.82) is 0 Å². The molecule has 15 heavy (non-hydrogen) atoms. The number of aldehydes is 1. The van der Waals surface area contributed by atoms with Crippen molar-refractivity contribution in [3.63, 3.8) is 0 Å². The predicted molar refractivity (Wildman–Crippen MR) is 62.4 cm³/mol. The second kappa shape index (κ2) is 4.43. The van der Waals surface area contributed by atoms with Gasteiger partial charge in [0.25, 0.3) is 0 Å². The number of rotatable bonds is 2. The number of hydrogen-bond donors (Lipinski definition) is 0. The molecule has 0 unspecified atom stereocenters. The fourth-order valence-corrected chi connectivity index (χ4v) is 2.17. The van der Waals surface area contributed by atoms with E-state index >= 15 is 0 Å². The lowest BCUT2D eigenvalue weighted by atomic mass is 9.80. The fourth-order valence-electron chi connectivity index (χ4n) is 2.17. The van der Waals surface area contributed by atoms with Gasteiger partial charge in [-0.2, -0.15) is 0 Å². The van der Waals surface area contributed by atoms with Crippen molar-refractivity contribution in [2.75, 3.05) is 0 Å². The number of allylic oxidation sites excluding steroid dienone is 2. The van der Waals surface area contributed by atoms with Gasteiger partial charge in [0.2, 0.25) is 0 Å². The maximum Gasteiger partial charge on any atom is 0.123 e. The molecule has 2 atom stereocenters. The summed E-state index contributed by atoms with van der Waals surface area (Å²) in [4.78, 5) is 10.8. The Balaban J connectivity index is 2.20. The van der Waals surface area contributed by atoms with Crippen LogP contribution in [0.15, 0.2) is 36.4 Å². The third-order valence-corrected chi connectivity index (χ3v) is 3.23. The van der Waals surface area contributed by atoms with Crippen LogP contribution in [0.25, 0.3) is 5.57 Å². The van der Waals surface area contributed by atoms with Gasteiger partial charge in [0.05, 0.1) is 0 Å². The largest absolute Gasteiger partial charge is 0.303 e. The number of hydrogen-bond acceptors (Lipinski definition) is 1. The molecular formula is C14H16O. The Bertz CT molecular complexity index is 364. The van der Waals surface area contributed by atoms with Gasteiger partial charge in [-0.15, -0.1) is 0 Å². The van der Waals surface area contributed by atoms with Crippen molar-refractivity contribution >= 4 is 11.9 Å². The first-order chi connectivity index (χ1) is 7.31. The summed E-state index contributed by atoms with van der Waals surface area (Å²) in [5.41, 5.74) is 2.69. The van der Waals surface area contributed by atoms with E-state index in [4.69, 9.17) is 0 Å². The zero-order chi connectivity index (χ0) is 10.7. The molecule has 1 heteroatoms. The third kappa shape index (κ3) is 2.17. The highest BCUT2D eigenvalue weighted by Gasteiger charge is 2.21. The zero-order valence-electron chi connectivity index (χ0n) is 9.02. The van der Waals surface area contributed by atoms with E-state index in [1.165, 1.54) is 11.1 Å². The van der Waals surface area contributed by atoms with E-state index in [-0.39, 0.29) is 5.92 Å². The minimum absolute atomic E-state index is 0.220. The SMILES string of the molecule is C[C@H]1CC(c2ccccc2)=CC[C@@H]1C=O. The lowest BCUT2D eigenvalue weighted by Gasteiger charge is -2.24. The molecule has 78 valence electrons. The van der Waals surface area contributed by atoms with E-state index < -0.39 is 0 Å². The highest BCUT2D eigenvalue weighted by molar-refractivity contribution is 5.68. The molecule has 0 amide bonds. The topological polar surface area (TPSA) is 17.1 Å². The monoisotopic (exact) mass is 200 g/mol. The molecule has 0 N–H and O–H groups in total. The van der Waals surface area contributed by atoms with Crippen LogP contribution in [0.2, 0.25) is 0 Å². The molecular weight excluding hydrogens is 184 g/mol. The first-order valence-electron chi connectivity index (χ1n) is 5.51. The Morgan fingerprint density at radius 1 is 1.27 bits per heavy atom. The standard InChI is InChI=1S/C14H16O/c1-11-9-13(7-8-14(11)10-15)12-5-3-2-4-6-12/h2-7,10-11,14H,8-9H2,1H3/t11-,14+/m0/s1. The lowest BCUT2D eigenvalue weighted by Crippen LogP contribution is -2.16. The van der Waals surface area contributed by atoms with E-state index in [9.17, 15) is 4.79 Å². The van der Waals surface area contributed by atoms with Crippen molar-refractivity contribution < 1.29 is 4.79 Å². The molecule has 1 aromatic carbocycles. The summed E-state index contributed by atoms with van der Waals surface area (Å²) >= 11 is 0. The van der Waals surface area contributed by atoms with Crippen molar-refractivity contribution in [3.8, 4) is 0 Å². The van der Waals surface area contributed by atoms with E-state index in [0.29, 0.717) is 5.92 Å². The van der Waals surface area contributed by atoms with Gasteiger partial charge in [-0.3, -0.25) is 0 Å². The van der Waals surface area contributed by atoms with Gasteiger partial charge in [0.15, 0.2) is 0 Å². The summed E-state index contributed by atoms with van der Waals surface area (Å²) < 4.78 is 0. The van der Waals surface area contributed by atoms with Crippen molar-refractivity contribution in [2.45, 2.75) is 19.8 Å². The molecule has 2 rings (SSSR count). The summed E-state index contributed by atoms with van der Waals surface area (Å²) in [7, 11) is 0. The van der Waals surface area contributed by atoms with Crippen LogP contribution in [0.3, 0.4) is 0 Å². The van der Waals surface area contributed by atoms with Gasteiger partial charge in [-0.05, 0) is 29.9 Å². The smallest absolute Gasteiger partial charge is 0.123 e. The van der Waals surface area contributed by atoms with Crippen LogP contribution in [0, 0.1) is 11.8 Å². The quantitative estimate of drug-likeness (QED) is 0.669. The van der Waals surface area contributed by atoms with Crippen molar-refractivity contribution in [2.24, 2.45) is 11.8 Å². The Morgan fingerprint density at radius 2 is 2.00 bits per heavy atom. The molecule has 0 spiro atoms. The van der Waals surface area contributed by atoms with Crippen molar-refractivity contribution in [1.82, 2.24) is 0 Å². The highest BCUT2D eigenvalue weighted by Crippen LogP contribution is 2.33. The molecule has 0 fully saturated rings. The molecule has 1 aliphatic carbocycles. The molecule has 1 aromatic rings. The summed E-state index contributed by atoms with van der Waals surface area (Å²) in [5.74, 6) is 0.695. The summed E-state index contributed by atoms with van der Waals surface area (Å²) in [5, 5.41) is 0. The number of carbonyl (C=O) groups is 1. The Kier molecular flexibility index (Phi) is 3.00. The van der Waals surface area contributed by atoms with Crippen LogP contribution >= 0.6 is 0 Å². The van der Waals surface area contributed by atoms with E-state index in [1.807, 2.05) is 6.07 Å². The predicted octanol–water partition coefficient (Wildman–Crippen LogP) is 3.32. The van der Waals surface area contributed by atoms with Crippen LogP contribution < -0.4 is 0 Å². The molecule has 0 radical (unpaired) electrons. The normalized spacial score (nSPS) is 25.8. The number of benzene rings is 1. The molecule has 1 aliphatic rings. The van der Waals surface area contributed by atoms with Gasteiger partial charge < -0.3 is 4.79 Å². The molecule has 0 aliphatic heterocycles. The van der Waals surface area contributed by atoms with E-state index in [0.717, 1.165) is 19.1 Å². The Hall–Kier alpha value is -1.37. The lowest BCUT2D eigenvalue weighted by molar-refractivity contribution is -0.112. The molecule has 0 heterocycles. The Morgan fingerprint density at radius 3 is 2.60 bits per heavy atom. The maximum absolute atomic E-state index is 10.8. The second-order valence-corrected chi connectivity index (χ2v) is 4.31. The zero-order valence-corrected chi connectivity index (χ0v) is 9.02. The van der Waals surface area contributed by atoms with E-state index in [1.54, 1.807) is 0 Å². The molecule has 0 saturated carbocycles. The second-order valence-electron chi connectivity index (χ2n) is 4.31. The van der Waals surface area contributed by atoms with Crippen molar-refractivity contribution in [3.05, 3.63) is 42.0 Å². The van der Waals surface area contributed by atoms with Gasteiger partial charge in [0, 0.05) is 5.92 Å². The average molecular weight is 200 g/mol. The minimum atomic E-state index is 0.220. The molecule has 0 bridgehead atoms. The minimum Gasteiger partial charge on any atom is -0.303 e. The summed E-state index contributed by atoms with van der Waals surface area (Å²) in [6, 6.07) is 10.4. The molecule has 1 nitrogen and oxygen atoms in total. The van der Waals surface area contributed by atoms with Crippen LogP contribution in [0.4, 0.5) is 0 Å². The first kappa shape index (κ1) is 10.2. The third-order valence-electron chi connectivity index (χ3n) is 3.23. The fraction of sp³-hybridized carbons (Fsp3) is 0.357. The first-order valence-corrected chi connectivity index (χ1v) is 5.51. The van der Waals surface area contributed by atoms with Crippen LogP contribution in [-0.2, 0) is 4.79 Å². The van der Waals surface area contributed by atoms with Gasteiger partial charge in [-0.1, -0.05) is 43.3 Å². The summed E-state index contributed by atoms with van der Waals surface area (Å²) in [6.45, 7) is 2.16. The van der Waals surface area contributed by atoms with Gasteiger partial charge in [-0.25, -0.2) is 0 Å². The highest BCUT2D eigenvalue weighted by atomic mass is 16.1. The van der Waals surface area contributed by atoms with Crippen LogP contribution in [0.1, 0.15) is 25.3 Å². The van der Waals surface area contributed by atoms with E-state index in [2.05, 4.69) is 37.3 Å². The summed E-state index contributed by atoms with van der Waals surface area (Å²) in [6.07, 6.45) is 5.24. The number of carbonyl (C=O) groups excluding carboxylic acids is 1. The average Bonchev–Trinajstić information content (AvgIpc) is 2.30. The maximum atomic E-state index is 10.8. The van der Waals surface area contributed by atoms with Gasteiger partial charge in [0.1, 0.15) is 6.29 Å². The molecule has 0 saturated heterocycles. The van der Waals surface area contributed by atoms with Crippen LogP contribution in [-0.4, -0.2) is 6.29 Å².